The Hall–Kier alpha value is -1.93. The van der Waals surface area contributed by atoms with Gasteiger partial charge in [-0.2, -0.15) is 4.72 Å². The number of halogens is 1. The van der Waals surface area contributed by atoms with E-state index in [0.717, 1.165) is 5.56 Å². The average molecular weight is 354 g/mol. The maximum atomic E-state index is 12.4. The Morgan fingerprint density at radius 1 is 1.09 bits per heavy atom. The zero-order valence-corrected chi connectivity index (χ0v) is 13.6. The molecule has 4 N–H and O–H groups in total. The van der Waals surface area contributed by atoms with Crippen molar-refractivity contribution >= 4 is 27.5 Å². The summed E-state index contributed by atoms with van der Waals surface area (Å²) < 4.78 is 27.1. The van der Waals surface area contributed by atoms with E-state index in [9.17, 15) is 13.2 Å². The number of carbonyl (C=O) groups is 1. The molecule has 0 aromatic heterocycles. The number of nitrogens with one attached hydrogen (secondary N) is 2. The van der Waals surface area contributed by atoms with Crippen LogP contribution in [0, 0.1) is 0 Å². The van der Waals surface area contributed by atoms with Gasteiger partial charge in [-0.15, -0.1) is 0 Å². The molecule has 23 heavy (non-hydrogen) atoms. The Morgan fingerprint density at radius 3 is 2.26 bits per heavy atom. The highest BCUT2D eigenvalue weighted by molar-refractivity contribution is 7.89. The van der Waals surface area contributed by atoms with Crippen LogP contribution >= 0.6 is 11.6 Å². The number of rotatable bonds is 6. The van der Waals surface area contributed by atoms with E-state index < -0.39 is 22.0 Å². The quantitative estimate of drug-likeness (QED) is 0.413. The van der Waals surface area contributed by atoms with Crippen LogP contribution in [0.25, 0.3) is 0 Å². The Kier molecular flexibility index (Phi) is 5.73. The van der Waals surface area contributed by atoms with Crippen molar-refractivity contribution in [2.45, 2.75) is 17.4 Å². The minimum absolute atomic E-state index is 0.0183. The summed E-state index contributed by atoms with van der Waals surface area (Å²) in [5.74, 6) is 4.53. The van der Waals surface area contributed by atoms with Gasteiger partial charge >= 0.3 is 0 Å². The molecule has 8 heteroatoms. The van der Waals surface area contributed by atoms with Crippen LogP contribution in [0.5, 0.6) is 0 Å². The first-order valence-corrected chi connectivity index (χ1v) is 8.61. The highest BCUT2D eigenvalue weighted by atomic mass is 35.5. The lowest BCUT2D eigenvalue weighted by Crippen LogP contribution is -2.49. The number of amides is 1. The van der Waals surface area contributed by atoms with Crippen molar-refractivity contribution in [3.8, 4) is 0 Å². The number of sulfonamides is 1. The van der Waals surface area contributed by atoms with Gasteiger partial charge < -0.3 is 0 Å². The van der Waals surface area contributed by atoms with Crippen molar-refractivity contribution in [2.75, 3.05) is 0 Å². The van der Waals surface area contributed by atoms with Crippen LogP contribution in [0.1, 0.15) is 5.56 Å². The van der Waals surface area contributed by atoms with Gasteiger partial charge in [-0.1, -0.05) is 41.9 Å². The average Bonchev–Trinajstić information content (AvgIpc) is 2.54. The van der Waals surface area contributed by atoms with E-state index in [1.807, 2.05) is 11.5 Å². The van der Waals surface area contributed by atoms with E-state index in [1.165, 1.54) is 24.3 Å². The van der Waals surface area contributed by atoms with Crippen molar-refractivity contribution in [1.82, 2.24) is 10.1 Å². The van der Waals surface area contributed by atoms with Crippen molar-refractivity contribution in [2.24, 2.45) is 5.84 Å². The Labute approximate surface area is 139 Å². The highest BCUT2D eigenvalue weighted by Crippen LogP contribution is 2.15. The molecular formula is C15H16ClN3O3S. The summed E-state index contributed by atoms with van der Waals surface area (Å²) in [4.78, 5) is 11.9. The predicted molar refractivity (Wildman–Crippen MR) is 88.0 cm³/mol. The molecule has 0 radical (unpaired) electrons. The van der Waals surface area contributed by atoms with Crippen LogP contribution in [-0.2, 0) is 21.2 Å². The minimum atomic E-state index is -3.88. The van der Waals surface area contributed by atoms with Gasteiger partial charge in [0.1, 0.15) is 6.04 Å². The molecule has 0 fully saturated rings. The summed E-state index contributed by atoms with van der Waals surface area (Å²) in [6.45, 7) is 0. The van der Waals surface area contributed by atoms with Crippen molar-refractivity contribution in [3.63, 3.8) is 0 Å². The number of hydrazine groups is 1. The maximum absolute atomic E-state index is 12.4. The molecule has 1 amide bonds. The lowest BCUT2D eigenvalue weighted by molar-refractivity contribution is -0.122. The molecule has 0 spiro atoms. The molecule has 0 aliphatic carbocycles. The summed E-state index contributed by atoms with van der Waals surface area (Å²) in [6, 6.07) is 13.7. The van der Waals surface area contributed by atoms with Crippen LogP contribution in [0.2, 0.25) is 5.02 Å². The second-order valence-electron chi connectivity index (χ2n) is 4.83. The summed E-state index contributed by atoms with van der Waals surface area (Å²) in [6.07, 6.45) is 0.177. The number of hydrogen-bond acceptors (Lipinski definition) is 4. The molecular weight excluding hydrogens is 338 g/mol. The van der Waals surface area contributed by atoms with Crippen molar-refractivity contribution < 1.29 is 13.2 Å². The Morgan fingerprint density at radius 2 is 1.70 bits per heavy atom. The van der Waals surface area contributed by atoms with Gasteiger partial charge in [-0.05, 0) is 36.2 Å². The van der Waals surface area contributed by atoms with E-state index in [2.05, 4.69) is 4.72 Å². The topological polar surface area (TPSA) is 101 Å². The number of hydrogen-bond donors (Lipinski definition) is 3. The van der Waals surface area contributed by atoms with Gasteiger partial charge in [0.25, 0.3) is 5.91 Å². The second kappa shape index (κ2) is 7.56. The second-order valence-corrected chi connectivity index (χ2v) is 6.98. The molecule has 2 aromatic rings. The fraction of sp³-hybridized carbons (Fsp3) is 0.133. The highest BCUT2D eigenvalue weighted by Gasteiger charge is 2.25. The van der Waals surface area contributed by atoms with E-state index in [1.54, 1.807) is 24.3 Å². The summed E-state index contributed by atoms with van der Waals surface area (Å²) in [5.41, 5.74) is 2.79. The molecule has 1 unspecified atom stereocenters. The van der Waals surface area contributed by atoms with Crippen LogP contribution in [-0.4, -0.2) is 20.4 Å². The number of nitrogens with two attached hydrogens (primary N) is 1. The predicted octanol–water partition coefficient (Wildman–Crippen LogP) is 1.22. The van der Waals surface area contributed by atoms with Crippen molar-refractivity contribution in [3.05, 3.63) is 65.2 Å². The molecule has 2 rings (SSSR count). The number of carbonyl (C=O) groups excluding carboxylic acids is 1. The third-order valence-electron chi connectivity index (χ3n) is 3.16. The normalized spacial score (nSPS) is 12.6. The molecule has 0 saturated carbocycles. The zero-order chi connectivity index (χ0) is 16.9. The van der Waals surface area contributed by atoms with E-state index in [0.29, 0.717) is 5.02 Å². The Bertz CT molecular complexity index is 764. The Balaban J connectivity index is 2.23. The fourth-order valence-corrected chi connectivity index (χ4v) is 3.33. The van der Waals surface area contributed by atoms with Crippen LogP contribution in [0.15, 0.2) is 59.5 Å². The SMILES string of the molecule is NNC(=O)C(Cc1ccccc1)NS(=O)(=O)c1ccc(Cl)cc1. The fourth-order valence-electron chi connectivity index (χ4n) is 2.01. The van der Waals surface area contributed by atoms with Crippen LogP contribution in [0.4, 0.5) is 0 Å². The first kappa shape index (κ1) is 17.4. The third kappa shape index (κ3) is 4.77. The molecule has 0 bridgehead atoms. The van der Waals surface area contributed by atoms with E-state index >= 15 is 0 Å². The molecule has 2 aromatic carbocycles. The third-order valence-corrected chi connectivity index (χ3v) is 4.90. The van der Waals surface area contributed by atoms with E-state index in [-0.39, 0.29) is 11.3 Å². The number of benzene rings is 2. The van der Waals surface area contributed by atoms with Gasteiger partial charge in [-0.3, -0.25) is 10.2 Å². The van der Waals surface area contributed by atoms with Gasteiger partial charge in [0.05, 0.1) is 4.90 Å². The molecule has 6 nitrogen and oxygen atoms in total. The first-order valence-electron chi connectivity index (χ1n) is 6.74. The zero-order valence-electron chi connectivity index (χ0n) is 12.1. The molecule has 0 heterocycles. The maximum Gasteiger partial charge on any atom is 0.252 e. The molecule has 1 atom stereocenters. The van der Waals surface area contributed by atoms with Gasteiger partial charge in [-0.25, -0.2) is 14.3 Å². The van der Waals surface area contributed by atoms with Gasteiger partial charge in [0.2, 0.25) is 10.0 Å². The summed E-state index contributed by atoms with van der Waals surface area (Å²) in [5, 5.41) is 0.421. The van der Waals surface area contributed by atoms with Crippen LogP contribution < -0.4 is 16.0 Å². The van der Waals surface area contributed by atoms with Crippen LogP contribution in [0.3, 0.4) is 0 Å². The first-order chi connectivity index (χ1) is 10.9. The van der Waals surface area contributed by atoms with Gasteiger partial charge in [0.15, 0.2) is 0 Å². The smallest absolute Gasteiger partial charge is 0.252 e. The van der Waals surface area contributed by atoms with Crippen molar-refractivity contribution in [1.29, 1.82) is 0 Å². The van der Waals surface area contributed by atoms with Gasteiger partial charge in [0, 0.05) is 5.02 Å². The molecule has 0 saturated heterocycles. The molecule has 0 aliphatic rings. The minimum Gasteiger partial charge on any atom is -0.293 e. The summed E-state index contributed by atoms with van der Waals surface area (Å²) >= 11 is 5.75. The standard InChI is InChI=1S/C15H16ClN3O3S/c16-12-6-8-13(9-7-12)23(21,22)19-14(15(20)18-17)10-11-4-2-1-3-5-11/h1-9,14,19H,10,17H2,(H,18,20). The molecule has 122 valence electrons. The van der Waals surface area contributed by atoms with E-state index in [4.69, 9.17) is 17.4 Å². The molecule has 0 aliphatic heterocycles. The lowest BCUT2D eigenvalue weighted by atomic mass is 10.1. The summed E-state index contributed by atoms with van der Waals surface area (Å²) in [7, 11) is -3.88. The largest absolute Gasteiger partial charge is 0.293 e. The lowest BCUT2D eigenvalue weighted by Gasteiger charge is -2.17. The monoisotopic (exact) mass is 353 g/mol.